The van der Waals surface area contributed by atoms with Crippen LogP contribution in [0.5, 0.6) is 0 Å². The number of benzene rings is 1. The summed E-state index contributed by atoms with van der Waals surface area (Å²) < 4.78 is 0. The van der Waals surface area contributed by atoms with Crippen molar-refractivity contribution in [1.82, 2.24) is 0 Å². The molecule has 0 aromatic heterocycles. The van der Waals surface area contributed by atoms with Gasteiger partial charge in [-0.15, -0.1) is 0 Å². The van der Waals surface area contributed by atoms with Crippen LogP contribution in [0.4, 0.5) is 5.69 Å². The molecule has 1 aliphatic rings. The highest BCUT2D eigenvalue weighted by Gasteiger charge is 2.30. The van der Waals surface area contributed by atoms with Gasteiger partial charge in [0, 0.05) is 0 Å². The molecule has 18 heavy (non-hydrogen) atoms. The van der Waals surface area contributed by atoms with Gasteiger partial charge in [-0.25, -0.2) is 0 Å². The van der Waals surface area contributed by atoms with Crippen LogP contribution in [0.3, 0.4) is 0 Å². The summed E-state index contributed by atoms with van der Waals surface area (Å²) in [5.74, 6) is -2.49. The van der Waals surface area contributed by atoms with Crippen molar-refractivity contribution in [1.29, 1.82) is 0 Å². The second-order valence-electron chi connectivity index (χ2n) is 3.88. The molecule has 1 aromatic carbocycles. The van der Waals surface area contributed by atoms with Gasteiger partial charge in [0.2, 0.25) is 5.91 Å². The van der Waals surface area contributed by atoms with Gasteiger partial charge in [-0.05, 0) is 17.7 Å². The number of fused-ring (bicyclic) bond motifs is 1. The molecule has 0 fully saturated rings. The van der Waals surface area contributed by atoms with Gasteiger partial charge in [-0.3, -0.25) is 14.4 Å². The number of aliphatic hydroxyl groups is 2. The number of aliphatic hydroxyl groups excluding tert-OH is 2. The fourth-order valence-electron chi connectivity index (χ4n) is 1.69. The van der Waals surface area contributed by atoms with E-state index >= 15 is 0 Å². The predicted molar refractivity (Wildman–Crippen MR) is 59.6 cm³/mol. The zero-order valence-corrected chi connectivity index (χ0v) is 9.08. The minimum atomic E-state index is -1.75. The molecule has 0 bridgehead atoms. The first-order valence-corrected chi connectivity index (χ1v) is 5.07. The number of amides is 2. The number of nitrogens with two attached hydrogens (primary N) is 1. The van der Waals surface area contributed by atoms with E-state index in [1.807, 2.05) is 0 Å². The standard InChI is InChI=1S/C11H10N2O5/c12-10(17)9(16)7(14)4-1-2-5-6(3-4)13-11(18)8(5)15/h1-3,7,9,14,16H,(H2,12,17)(H,13,15,18). The van der Waals surface area contributed by atoms with Crippen molar-refractivity contribution in [3.05, 3.63) is 29.3 Å². The molecule has 0 saturated carbocycles. The molecule has 0 saturated heterocycles. The molecule has 0 spiro atoms. The summed E-state index contributed by atoms with van der Waals surface area (Å²) in [5, 5.41) is 21.3. The Morgan fingerprint density at radius 1 is 1.28 bits per heavy atom. The number of Topliss-reactive ketones (excluding diaryl/α,β-unsaturated/α-hetero) is 1. The summed E-state index contributed by atoms with van der Waals surface area (Å²) in [7, 11) is 0. The first-order chi connectivity index (χ1) is 8.41. The van der Waals surface area contributed by atoms with Crippen LogP contribution in [0.2, 0.25) is 0 Å². The van der Waals surface area contributed by atoms with Crippen LogP contribution in [0.1, 0.15) is 22.0 Å². The van der Waals surface area contributed by atoms with E-state index in [4.69, 9.17) is 5.73 Å². The van der Waals surface area contributed by atoms with E-state index in [1.165, 1.54) is 18.2 Å². The summed E-state index contributed by atoms with van der Waals surface area (Å²) in [6.45, 7) is 0. The van der Waals surface area contributed by atoms with Gasteiger partial charge in [0.1, 0.15) is 6.10 Å². The molecule has 5 N–H and O–H groups in total. The van der Waals surface area contributed by atoms with E-state index in [-0.39, 0.29) is 16.8 Å². The Labute approximate surface area is 101 Å². The van der Waals surface area contributed by atoms with Crippen LogP contribution in [0, 0.1) is 0 Å². The molecule has 1 aromatic rings. The van der Waals surface area contributed by atoms with Gasteiger partial charge in [-0.1, -0.05) is 6.07 Å². The number of nitrogens with one attached hydrogen (secondary N) is 1. The maximum atomic E-state index is 11.3. The zero-order valence-electron chi connectivity index (χ0n) is 9.08. The second-order valence-corrected chi connectivity index (χ2v) is 3.88. The Bertz CT molecular complexity index is 554. The molecule has 1 aliphatic heterocycles. The van der Waals surface area contributed by atoms with Crippen LogP contribution >= 0.6 is 0 Å². The van der Waals surface area contributed by atoms with Crippen LogP contribution in [-0.4, -0.2) is 33.9 Å². The molecular formula is C11H10N2O5. The number of ketones is 1. The Balaban J connectivity index is 2.34. The average molecular weight is 250 g/mol. The lowest BCUT2D eigenvalue weighted by Gasteiger charge is -2.15. The lowest BCUT2D eigenvalue weighted by Crippen LogP contribution is -2.33. The molecule has 94 valence electrons. The lowest BCUT2D eigenvalue weighted by molar-refractivity contribution is -0.132. The third-order valence-corrected chi connectivity index (χ3v) is 2.67. The van der Waals surface area contributed by atoms with Crippen LogP contribution in [0.25, 0.3) is 0 Å². The maximum absolute atomic E-state index is 11.3. The van der Waals surface area contributed by atoms with Crippen molar-refractivity contribution in [3.63, 3.8) is 0 Å². The van der Waals surface area contributed by atoms with E-state index in [2.05, 4.69) is 5.32 Å². The van der Waals surface area contributed by atoms with Crippen molar-refractivity contribution in [2.45, 2.75) is 12.2 Å². The number of carbonyl (C=O) groups excluding carboxylic acids is 3. The fraction of sp³-hybridized carbons (Fsp3) is 0.182. The number of hydrogen-bond acceptors (Lipinski definition) is 5. The summed E-state index contributed by atoms with van der Waals surface area (Å²) in [5.41, 5.74) is 5.45. The summed E-state index contributed by atoms with van der Waals surface area (Å²) in [4.78, 5) is 33.2. The SMILES string of the molecule is NC(=O)C(O)C(O)c1ccc2c(c1)NC(=O)C2=O. The van der Waals surface area contributed by atoms with Gasteiger partial charge in [-0.2, -0.15) is 0 Å². The summed E-state index contributed by atoms with van der Waals surface area (Å²) in [6.07, 6.45) is -3.27. The topological polar surface area (TPSA) is 130 Å². The highest BCUT2D eigenvalue weighted by molar-refractivity contribution is 6.51. The first kappa shape index (κ1) is 12.2. The highest BCUT2D eigenvalue weighted by Crippen LogP contribution is 2.27. The molecule has 1 heterocycles. The summed E-state index contributed by atoms with van der Waals surface area (Å²) in [6, 6.07) is 3.99. The summed E-state index contributed by atoms with van der Waals surface area (Å²) >= 11 is 0. The molecule has 7 nitrogen and oxygen atoms in total. The van der Waals surface area contributed by atoms with Gasteiger partial charge in [0.15, 0.2) is 6.10 Å². The van der Waals surface area contributed by atoms with Crippen LogP contribution in [0.15, 0.2) is 18.2 Å². The molecule has 0 radical (unpaired) electrons. The van der Waals surface area contributed by atoms with E-state index in [0.717, 1.165) is 0 Å². The number of hydrogen-bond donors (Lipinski definition) is 4. The third kappa shape index (κ3) is 1.85. The second kappa shape index (κ2) is 4.21. The molecule has 2 rings (SSSR count). The minimum absolute atomic E-state index is 0.176. The quantitative estimate of drug-likeness (QED) is 0.495. The Morgan fingerprint density at radius 3 is 2.56 bits per heavy atom. The van der Waals surface area contributed by atoms with Gasteiger partial charge in [0.25, 0.3) is 11.7 Å². The Kier molecular flexibility index (Phi) is 2.85. The largest absolute Gasteiger partial charge is 0.385 e. The Morgan fingerprint density at radius 2 is 1.94 bits per heavy atom. The predicted octanol–water partition coefficient (Wildman–Crippen LogP) is -1.30. The van der Waals surface area contributed by atoms with E-state index in [9.17, 15) is 24.6 Å². The Hall–Kier alpha value is -2.25. The van der Waals surface area contributed by atoms with E-state index in [1.54, 1.807) is 0 Å². The van der Waals surface area contributed by atoms with Crippen LogP contribution in [-0.2, 0) is 9.59 Å². The van der Waals surface area contributed by atoms with Gasteiger partial charge >= 0.3 is 0 Å². The number of rotatable bonds is 3. The molecule has 2 unspecified atom stereocenters. The molecule has 2 atom stereocenters. The molecule has 0 aliphatic carbocycles. The number of carbonyl (C=O) groups is 3. The van der Waals surface area contributed by atoms with Crippen molar-refractivity contribution < 1.29 is 24.6 Å². The van der Waals surface area contributed by atoms with Crippen molar-refractivity contribution >= 4 is 23.3 Å². The molecule has 2 amide bonds. The maximum Gasteiger partial charge on any atom is 0.296 e. The minimum Gasteiger partial charge on any atom is -0.385 e. The highest BCUT2D eigenvalue weighted by atomic mass is 16.3. The molecule has 7 heteroatoms. The normalized spacial score (nSPS) is 17.0. The fourth-order valence-corrected chi connectivity index (χ4v) is 1.69. The zero-order chi connectivity index (χ0) is 13.4. The number of anilines is 1. The van der Waals surface area contributed by atoms with Gasteiger partial charge in [0.05, 0.1) is 11.3 Å². The smallest absolute Gasteiger partial charge is 0.296 e. The third-order valence-electron chi connectivity index (χ3n) is 2.67. The monoisotopic (exact) mass is 250 g/mol. The van der Waals surface area contributed by atoms with Gasteiger partial charge < -0.3 is 21.3 Å². The van der Waals surface area contributed by atoms with Crippen LogP contribution < -0.4 is 11.1 Å². The first-order valence-electron chi connectivity index (χ1n) is 5.07. The van der Waals surface area contributed by atoms with Crippen molar-refractivity contribution in [2.24, 2.45) is 5.73 Å². The lowest BCUT2D eigenvalue weighted by atomic mass is 10.0. The van der Waals surface area contributed by atoms with Crippen molar-refractivity contribution in [3.8, 4) is 0 Å². The molecular weight excluding hydrogens is 240 g/mol. The number of primary amides is 1. The van der Waals surface area contributed by atoms with Crippen molar-refractivity contribution in [2.75, 3.05) is 5.32 Å². The average Bonchev–Trinajstić information content (AvgIpc) is 2.62. The van der Waals surface area contributed by atoms with E-state index < -0.39 is 29.8 Å². The van der Waals surface area contributed by atoms with E-state index in [0.29, 0.717) is 0 Å².